The Hall–Kier alpha value is -1.13. The van der Waals surface area contributed by atoms with Crippen LogP contribution in [0.25, 0.3) is 0 Å². The van der Waals surface area contributed by atoms with E-state index in [1.165, 1.54) is 0 Å². The molecule has 0 amide bonds. The van der Waals surface area contributed by atoms with Crippen LogP contribution in [0.2, 0.25) is 5.02 Å². The number of carbonyl (C=O) groups excluding carboxylic acids is 1. The topological polar surface area (TPSA) is 34.9 Å². The number of halogens is 2. The molecule has 0 bridgehead atoms. The number of nitrogens with zero attached hydrogens (tertiary/aromatic N) is 2. The molecule has 1 aromatic carbocycles. The molecule has 2 rings (SSSR count). The first kappa shape index (κ1) is 11.4. The number of hydrogen-bond donors (Lipinski definition) is 0. The molecule has 0 radical (unpaired) electrons. The third-order valence-electron chi connectivity index (χ3n) is 2.12. The van der Waals surface area contributed by atoms with E-state index in [1.807, 2.05) is 0 Å². The highest BCUT2D eigenvalue weighted by atomic mass is 79.9. The number of rotatable bonds is 2. The maximum absolute atomic E-state index is 12.0. The van der Waals surface area contributed by atoms with Gasteiger partial charge in [0.1, 0.15) is 5.69 Å². The standard InChI is InChI=1S/C11H8BrClN2O/c1-15-5-4-10(14-15)11(16)8-3-2-7(12)6-9(8)13/h2-6H,1H3. The molecule has 0 aliphatic rings. The molecule has 2 aromatic rings. The Balaban J connectivity index is 2.41. The lowest BCUT2D eigenvalue weighted by Crippen LogP contribution is -2.04. The van der Waals surface area contributed by atoms with Crippen molar-refractivity contribution in [2.75, 3.05) is 0 Å². The fourth-order valence-corrected chi connectivity index (χ4v) is 2.11. The van der Waals surface area contributed by atoms with Crippen molar-refractivity contribution in [1.29, 1.82) is 0 Å². The lowest BCUT2D eigenvalue weighted by Gasteiger charge is -2.01. The van der Waals surface area contributed by atoms with Crippen LogP contribution < -0.4 is 0 Å². The van der Waals surface area contributed by atoms with Gasteiger partial charge in [0.2, 0.25) is 5.78 Å². The lowest BCUT2D eigenvalue weighted by molar-refractivity contribution is 0.103. The van der Waals surface area contributed by atoms with Crippen LogP contribution in [0.15, 0.2) is 34.9 Å². The van der Waals surface area contributed by atoms with E-state index in [0.29, 0.717) is 16.3 Å². The van der Waals surface area contributed by atoms with Gasteiger partial charge in [0, 0.05) is 23.3 Å². The smallest absolute Gasteiger partial charge is 0.214 e. The molecular weight excluding hydrogens is 291 g/mol. The molecule has 16 heavy (non-hydrogen) atoms. The van der Waals surface area contributed by atoms with Crippen molar-refractivity contribution in [3.05, 3.63) is 51.2 Å². The van der Waals surface area contributed by atoms with Gasteiger partial charge in [-0.1, -0.05) is 27.5 Å². The van der Waals surface area contributed by atoms with Crippen LogP contribution in [-0.2, 0) is 7.05 Å². The van der Waals surface area contributed by atoms with Crippen LogP contribution in [0.5, 0.6) is 0 Å². The van der Waals surface area contributed by atoms with Gasteiger partial charge >= 0.3 is 0 Å². The van der Waals surface area contributed by atoms with Crippen molar-refractivity contribution in [2.45, 2.75) is 0 Å². The maximum Gasteiger partial charge on any atom is 0.214 e. The molecule has 5 heteroatoms. The highest BCUT2D eigenvalue weighted by Gasteiger charge is 2.15. The van der Waals surface area contributed by atoms with E-state index in [2.05, 4.69) is 21.0 Å². The average Bonchev–Trinajstić information content (AvgIpc) is 2.64. The largest absolute Gasteiger partial charge is 0.287 e. The van der Waals surface area contributed by atoms with Crippen LogP contribution in [0, 0.1) is 0 Å². The van der Waals surface area contributed by atoms with Crippen molar-refractivity contribution in [3.8, 4) is 0 Å². The summed E-state index contributed by atoms with van der Waals surface area (Å²) in [5.74, 6) is -0.168. The van der Waals surface area contributed by atoms with Crippen LogP contribution in [0.3, 0.4) is 0 Å². The predicted octanol–water partition coefficient (Wildman–Crippen LogP) is 3.07. The number of hydrogen-bond acceptors (Lipinski definition) is 2. The summed E-state index contributed by atoms with van der Waals surface area (Å²) in [6, 6.07) is 6.82. The van der Waals surface area contributed by atoms with Gasteiger partial charge in [0.05, 0.1) is 5.02 Å². The molecule has 0 saturated carbocycles. The highest BCUT2D eigenvalue weighted by molar-refractivity contribution is 9.10. The van der Waals surface area contributed by atoms with Crippen LogP contribution in [0.4, 0.5) is 0 Å². The zero-order valence-electron chi connectivity index (χ0n) is 8.45. The van der Waals surface area contributed by atoms with E-state index in [0.717, 1.165) is 4.47 Å². The monoisotopic (exact) mass is 298 g/mol. The quantitative estimate of drug-likeness (QED) is 0.799. The Morgan fingerprint density at radius 3 is 2.75 bits per heavy atom. The van der Waals surface area contributed by atoms with Crippen LogP contribution >= 0.6 is 27.5 Å². The van der Waals surface area contributed by atoms with Crippen LogP contribution in [0.1, 0.15) is 16.1 Å². The van der Waals surface area contributed by atoms with Gasteiger partial charge in [-0.2, -0.15) is 5.10 Å². The van der Waals surface area contributed by atoms with Gasteiger partial charge in [0.25, 0.3) is 0 Å². The van der Waals surface area contributed by atoms with Gasteiger partial charge in [-0.15, -0.1) is 0 Å². The van der Waals surface area contributed by atoms with E-state index in [-0.39, 0.29) is 5.78 Å². The van der Waals surface area contributed by atoms with E-state index in [4.69, 9.17) is 11.6 Å². The zero-order valence-corrected chi connectivity index (χ0v) is 10.8. The highest BCUT2D eigenvalue weighted by Crippen LogP contribution is 2.23. The molecule has 1 heterocycles. The Kier molecular flexibility index (Phi) is 3.12. The van der Waals surface area contributed by atoms with Gasteiger partial charge in [-0.05, 0) is 24.3 Å². The summed E-state index contributed by atoms with van der Waals surface area (Å²) in [5, 5.41) is 4.47. The lowest BCUT2D eigenvalue weighted by atomic mass is 10.1. The summed E-state index contributed by atoms with van der Waals surface area (Å²) in [6.07, 6.45) is 1.72. The second kappa shape index (κ2) is 4.39. The van der Waals surface area contributed by atoms with Crippen molar-refractivity contribution in [1.82, 2.24) is 9.78 Å². The molecule has 1 aromatic heterocycles. The SMILES string of the molecule is Cn1ccc(C(=O)c2ccc(Br)cc2Cl)n1. The Morgan fingerprint density at radius 2 is 2.19 bits per heavy atom. The Morgan fingerprint density at radius 1 is 1.44 bits per heavy atom. The summed E-state index contributed by atoms with van der Waals surface area (Å²) in [4.78, 5) is 12.0. The molecule has 0 atom stereocenters. The summed E-state index contributed by atoms with van der Waals surface area (Å²) < 4.78 is 2.43. The fraction of sp³-hybridized carbons (Fsp3) is 0.0909. The number of aryl methyl sites for hydroxylation is 1. The summed E-state index contributed by atoms with van der Waals surface area (Å²) >= 11 is 9.29. The van der Waals surface area contributed by atoms with Gasteiger partial charge in [-0.3, -0.25) is 9.48 Å². The molecule has 0 aliphatic carbocycles. The van der Waals surface area contributed by atoms with Gasteiger partial charge in [-0.25, -0.2) is 0 Å². The summed E-state index contributed by atoms with van der Waals surface area (Å²) in [6.45, 7) is 0. The molecular formula is C11H8BrClN2O. The number of benzene rings is 1. The predicted molar refractivity (Wildman–Crippen MR) is 65.8 cm³/mol. The van der Waals surface area contributed by atoms with Crippen molar-refractivity contribution < 1.29 is 4.79 Å². The summed E-state index contributed by atoms with van der Waals surface area (Å²) in [5.41, 5.74) is 0.857. The molecule has 0 unspecified atom stereocenters. The Bertz CT molecular complexity index is 551. The van der Waals surface area contributed by atoms with E-state index >= 15 is 0 Å². The number of carbonyl (C=O) groups is 1. The fourth-order valence-electron chi connectivity index (χ4n) is 1.35. The molecule has 82 valence electrons. The summed E-state index contributed by atoms with van der Waals surface area (Å²) in [7, 11) is 1.76. The van der Waals surface area contributed by atoms with Crippen molar-refractivity contribution in [3.63, 3.8) is 0 Å². The molecule has 0 spiro atoms. The zero-order chi connectivity index (χ0) is 11.7. The van der Waals surface area contributed by atoms with Crippen LogP contribution in [-0.4, -0.2) is 15.6 Å². The van der Waals surface area contributed by atoms with Crippen molar-refractivity contribution in [2.24, 2.45) is 7.05 Å². The first-order valence-electron chi connectivity index (χ1n) is 4.57. The number of aromatic nitrogens is 2. The third kappa shape index (κ3) is 2.18. The minimum Gasteiger partial charge on any atom is -0.287 e. The number of ketones is 1. The average molecular weight is 300 g/mol. The first-order valence-corrected chi connectivity index (χ1v) is 5.74. The minimum atomic E-state index is -0.168. The van der Waals surface area contributed by atoms with Gasteiger partial charge in [0.15, 0.2) is 0 Å². The maximum atomic E-state index is 12.0. The molecule has 0 fully saturated rings. The Labute approximate surface area is 106 Å². The molecule has 0 aliphatic heterocycles. The van der Waals surface area contributed by atoms with Gasteiger partial charge < -0.3 is 0 Å². The van der Waals surface area contributed by atoms with Crippen molar-refractivity contribution >= 4 is 33.3 Å². The molecule has 0 saturated heterocycles. The normalized spacial score (nSPS) is 10.4. The molecule has 3 nitrogen and oxygen atoms in total. The first-order chi connectivity index (χ1) is 7.58. The second-order valence-electron chi connectivity index (χ2n) is 3.33. The van der Waals surface area contributed by atoms with E-state index in [9.17, 15) is 4.79 Å². The third-order valence-corrected chi connectivity index (χ3v) is 2.93. The molecule has 0 N–H and O–H groups in total. The van der Waals surface area contributed by atoms with E-state index in [1.54, 1.807) is 42.2 Å². The van der Waals surface area contributed by atoms with E-state index < -0.39 is 0 Å². The minimum absolute atomic E-state index is 0.168. The second-order valence-corrected chi connectivity index (χ2v) is 4.65.